The van der Waals surface area contributed by atoms with E-state index >= 15 is 0 Å². The minimum absolute atomic E-state index is 0.234. The summed E-state index contributed by atoms with van der Waals surface area (Å²) in [5.41, 5.74) is 0.788. The fourth-order valence-corrected chi connectivity index (χ4v) is 4.96. The van der Waals surface area contributed by atoms with Crippen molar-refractivity contribution in [3.05, 3.63) is 36.1 Å². The predicted octanol–water partition coefficient (Wildman–Crippen LogP) is 3.99. The number of furan rings is 1. The molecule has 0 radical (unpaired) electrons. The van der Waals surface area contributed by atoms with Crippen molar-refractivity contribution < 1.29 is 12.8 Å². The molecule has 120 valence electrons. The van der Waals surface area contributed by atoms with Gasteiger partial charge < -0.3 is 4.42 Å². The molecule has 1 aliphatic rings. The molecular formula is C17H23NO3S. The summed E-state index contributed by atoms with van der Waals surface area (Å²) in [7, 11) is -3.28. The topological polar surface area (TPSA) is 59.3 Å². The number of rotatable bonds is 5. The van der Waals surface area contributed by atoms with E-state index in [4.69, 9.17) is 4.42 Å². The largest absolute Gasteiger partial charge is 0.459 e. The molecule has 22 heavy (non-hydrogen) atoms. The van der Waals surface area contributed by atoms with Crippen molar-refractivity contribution in [2.45, 2.75) is 45.1 Å². The van der Waals surface area contributed by atoms with E-state index in [2.05, 4.69) is 4.72 Å². The highest BCUT2D eigenvalue weighted by molar-refractivity contribution is 7.89. The Balaban J connectivity index is 1.67. The summed E-state index contributed by atoms with van der Waals surface area (Å²) in [5.74, 6) is 1.19. The van der Waals surface area contributed by atoms with E-state index in [9.17, 15) is 8.42 Å². The molecule has 1 atom stereocenters. The first kappa shape index (κ1) is 15.6. The Hall–Kier alpha value is -1.33. The number of hydrogen-bond acceptors (Lipinski definition) is 3. The minimum atomic E-state index is -3.28. The van der Waals surface area contributed by atoms with Crippen LogP contribution >= 0.6 is 0 Å². The van der Waals surface area contributed by atoms with Crippen LogP contribution in [0.1, 0.15) is 50.8 Å². The van der Waals surface area contributed by atoms with Crippen LogP contribution in [0.4, 0.5) is 0 Å². The van der Waals surface area contributed by atoms with Gasteiger partial charge in [-0.05, 0) is 37.8 Å². The van der Waals surface area contributed by atoms with E-state index < -0.39 is 10.0 Å². The van der Waals surface area contributed by atoms with Crippen molar-refractivity contribution in [1.82, 2.24) is 4.72 Å². The van der Waals surface area contributed by atoms with Crippen LogP contribution in [-0.2, 0) is 10.0 Å². The first-order valence-electron chi connectivity index (χ1n) is 8.02. The molecule has 1 heterocycles. The van der Waals surface area contributed by atoms with Crippen molar-refractivity contribution in [2.24, 2.45) is 5.92 Å². The fraction of sp³-hybridized carbons (Fsp3) is 0.529. The number of fused-ring (bicyclic) bond motifs is 1. The van der Waals surface area contributed by atoms with Crippen LogP contribution in [0.3, 0.4) is 0 Å². The van der Waals surface area contributed by atoms with Gasteiger partial charge in [0.15, 0.2) is 0 Å². The molecule has 0 bridgehead atoms. The number of hydrogen-bond donors (Lipinski definition) is 1. The third-order valence-electron chi connectivity index (χ3n) is 4.41. The molecule has 1 aliphatic carbocycles. The average Bonchev–Trinajstić information content (AvgIpc) is 2.91. The molecule has 1 aromatic carbocycles. The third kappa shape index (κ3) is 3.70. The van der Waals surface area contributed by atoms with E-state index in [0.717, 1.165) is 36.7 Å². The van der Waals surface area contributed by atoms with Gasteiger partial charge in [0.05, 0.1) is 11.8 Å². The first-order valence-corrected chi connectivity index (χ1v) is 9.67. The van der Waals surface area contributed by atoms with Crippen LogP contribution in [0.25, 0.3) is 11.0 Å². The minimum Gasteiger partial charge on any atom is -0.459 e. The molecule has 2 aromatic rings. The van der Waals surface area contributed by atoms with E-state index in [1.54, 1.807) is 0 Å². The quantitative estimate of drug-likeness (QED) is 0.905. The molecule has 1 aromatic heterocycles. The van der Waals surface area contributed by atoms with Crippen LogP contribution < -0.4 is 4.72 Å². The van der Waals surface area contributed by atoms with E-state index in [1.165, 1.54) is 6.42 Å². The van der Waals surface area contributed by atoms with Crippen LogP contribution in [0.15, 0.2) is 34.7 Å². The molecule has 0 spiro atoms. The maximum absolute atomic E-state index is 12.3. The summed E-state index contributed by atoms with van der Waals surface area (Å²) in [5, 5.41) is 0.996. The highest BCUT2D eigenvalue weighted by Crippen LogP contribution is 2.27. The van der Waals surface area contributed by atoms with Gasteiger partial charge in [-0.15, -0.1) is 0 Å². The highest BCUT2D eigenvalue weighted by Gasteiger charge is 2.24. The zero-order valence-corrected chi connectivity index (χ0v) is 13.7. The summed E-state index contributed by atoms with van der Waals surface area (Å²) in [6.45, 7) is 1.83. The van der Waals surface area contributed by atoms with E-state index in [0.29, 0.717) is 11.7 Å². The molecule has 1 fully saturated rings. The Bertz CT molecular complexity index is 696. The normalized spacial score (nSPS) is 18.6. The van der Waals surface area contributed by atoms with Crippen LogP contribution in [-0.4, -0.2) is 14.2 Å². The van der Waals surface area contributed by atoms with Crippen LogP contribution in [0.5, 0.6) is 0 Å². The third-order valence-corrected chi connectivity index (χ3v) is 6.03. The molecule has 4 nitrogen and oxygen atoms in total. The molecule has 1 saturated carbocycles. The van der Waals surface area contributed by atoms with E-state index in [-0.39, 0.29) is 11.8 Å². The monoisotopic (exact) mass is 321 g/mol. The van der Waals surface area contributed by atoms with Gasteiger partial charge in [-0.25, -0.2) is 13.1 Å². The summed E-state index contributed by atoms with van der Waals surface area (Å²) in [6.07, 6.45) is 5.60. The Labute approximate surface area is 131 Å². The second-order valence-corrected chi connectivity index (χ2v) is 8.11. The predicted molar refractivity (Wildman–Crippen MR) is 88.1 cm³/mol. The lowest BCUT2D eigenvalue weighted by Gasteiger charge is -2.22. The molecule has 0 saturated heterocycles. The van der Waals surface area contributed by atoms with Gasteiger partial charge >= 0.3 is 0 Å². The molecular weight excluding hydrogens is 298 g/mol. The molecule has 1 unspecified atom stereocenters. The Morgan fingerprint density at radius 3 is 2.68 bits per heavy atom. The van der Waals surface area contributed by atoms with Crippen molar-refractivity contribution in [1.29, 1.82) is 0 Å². The van der Waals surface area contributed by atoms with Gasteiger partial charge in [0, 0.05) is 5.39 Å². The fourth-order valence-electron chi connectivity index (χ4n) is 3.26. The Kier molecular flexibility index (Phi) is 4.54. The SMILES string of the molecule is CC(NS(=O)(=O)CC1CCCCC1)c1cc2ccccc2o1. The van der Waals surface area contributed by atoms with Crippen LogP contribution in [0.2, 0.25) is 0 Å². The molecule has 0 amide bonds. The van der Waals surface area contributed by atoms with Crippen molar-refractivity contribution in [2.75, 3.05) is 5.75 Å². The van der Waals surface area contributed by atoms with Gasteiger partial charge in [-0.3, -0.25) is 0 Å². The lowest BCUT2D eigenvalue weighted by atomic mass is 9.91. The zero-order chi connectivity index (χ0) is 15.6. The van der Waals surface area contributed by atoms with Crippen molar-refractivity contribution in [3.63, 3.8) is 0 Å². The van der Waals surface area contributed by atoms with Crippen molar-refractivity contribution in [3.8, 4) is 0 Å². The standard InChI is InChI=1S/C17H23NO3S/c1-13(17-11-15-9-5-6-10-16(15)21-17)18-22(19,20)12-14-7-3-2-4-8-14/h5-6,9-11,13-14,18H,2-4,7-8,12H2,1H3. The summed E-state index contributed by atoms with van der Waals surface area (Å²) >= 11 is 0. The average molecular weight is 321 g/mol. The summed E-state index contributed by atoms with van der Waals surface area (Å²) in [4.78, 5) is 0. The van der Waals surface area contributed by atoms with Gasteiger partial charge in [-0.1, -0.05) is 37.5 Å². The zero-order valence-electron chi connectivity index (χ0n) is 12.9. The molecule has 5 heteroatoms. The number of para-hydroxylation sites is 1. The van der Waals surface area contributed by atoms with Gasteiger partial charge in [-0.2, -0.15) is 0 Å². The Morgan fingerprint density at radius 2 is 1.95 bits per heavy atom. The van der Waals surface area contributed by atoms with Gasteiger partial charge in [0.1, 0.15) is 11.3 Å². The smallest absolute Gasteiger partial charge is 0.212 e. The van der Waals surface area contributed by atoms with Gasteiger partial charge in [0.2, 0.25) is 10.0 Å². The summed E-state index contributed by atoms with van der Waals surface area (Å²) < 4.78 is 33.2. The molecule has 1 N–H and O–H groups in total. The molecule has 0 aliphatic heterocycles. The molecule has 3 rings (SSSR count). The first-order chi connectivity index (χ1) is 10.5. The number of nitrogens with one attached hydrogen (secondary N) is 1. The lowest BCUT2D eigenvalue weighted by Crippen LogP contribution is -2.32. The van der Waals surface area contributed by atoms with Crippen molar-refractivity contribution >= 4 is 21.0 Å². The highest BCUT2D eigenvalue weighted by atomic mass is 32.2. The maximum Gasteiger partial charge on any atom is 0.212 e. The van der Waals surface area contributed by atoms with Gasteiger partial charge in [0.25, 0.3) is 0 Å². The number of benzene rings is 1. The van der Waals surface area contributed by atoms with E-state index in [1.807, 2.05) is 37.3 Å². The van der Waals surface area contributed by atoms with Crippen LogP contribution in [0, 0.1) is 5.92 Å². The lowest BCUT2D eigenvalue weighted by molar-refractivity contribution is 0.382. The summed E-state index contributed by atoms with van der Waals surface area (Å²) in [6, 6.07) is 9.27. The Morgan fingerprint density at radius 1 is 1.23 bits per heavy atom. The second kappa shape index (κ2) is 6.42. The second-order valence-electron chi connectivity index (χ2n) is 6.31. The number of sulfonamides is 1. The maximum atomic E-state index is 12.3.